The van der Waals surface area contributed by atoms with Gasteiger partial charge in [0.1, 0.15) is 0 Å². The van der Waals surface area contributed by atoms with Gasteiger partial charge in [-0.2, -0.15) is 0 Å². The Morgan fingerprint density at radius 3 is 2.53 bits per heavy atom. The largest absolute Gasteiger partial charge is 0.312 e. The molecule has 0 saturated carbocycles. The van der Waals surface area contributed by atoms with E-state index in [0.29, 0.717) is 5.92 Å². The molecule has 1 rings (SSSR count). The molecule has 0 aromatic carbocycles. The fraction of sp³-hybridized carbons (Fsp3) is 0.692. The highest BCUT2D eigenvalue weighted by molar-refractivity contribution is 7.10. The lowest BCUT2D eigenvalue weighted by atomic mass is 10.00. The minimum absolute atomic E-state index is 0.240. The normalized spacial score (nSPS) is 14.2. The summed E-state index contributed by atoms with van der Waals surface area (Å²) in [5.74, 6) is 0.671. The molecule has 1 unspecified atom stereocenters. The van der Waals surface area contributed by atoms with Crippen LogP contribution in [0.15, 0.2) is 11.4 Å². The van der Waals surface area contributed by atoms with Gasteiger partial charge in [0.15, 0.2) is 0 Å². The third-order valence-corrected chi connectivity index (χ3v) is 3.43. The minimum atomic E-state index is 0.240. The van der Waals surface area contributed by atoms with Crippen LogP contribution in [-0.4, -0.2) is 12.1 Å². The van der Waals surface area contributed by atoms with Crippen molar-refractivity contribution in [3.8, 4) is 0 Å². The van der Waals surface area contributed by atoms with E-state index in [1.54, 1.807) is 0 Å². The van der Waals surface area contributed by atoms with Gasteiger partial charge in [-0.3, -0.25) is 0 Å². The highest BCUT2D eigenvalue weighted by Crippen LogP contribution is 2.24. The molecule has 1 aromatic rings. The van der Waals surface area contributed by atoms with E-state index >= 15 is 0 Å². The van der Waals surface area contributed by atoms with Crippen molar-refractivity contribution >= 4 is 11.3 Å². The first kappa shape index (κ1) is 12.7. The van der Waals surface area contributed by atoms with Crippen LogP contribution in [0.1, 0.15) is 50.5 Å². The zero-order valence-corrected chi connectivity index (χ0v) is 11.4. The van der Waals surface area contributed by atoms with Gasteiger partial charge in [0, 0.05) is 10.4 Å². The summed E-state index contributed by atoms with van der Waals surface area (Å²) >= 11 is 1.85. The lowest BCUT2D eigenvalue weighted by molar-refractivity contribution is 0.414. The zero-order valence-electron chi connectivity index (χ0n) is 10.6. The maximum Gasteiger partial charge on any atom is 0.00965 e. The molecular weight excluding hydrogens is 202 g/mol. The number of rotatable bonds is 4. The molecule has 1 aromatic heterocycles. The number of thiophene rings is 1. The average molecular weight is 225 g/mol. The summed E-state index contributed by atoms with van der Waals surface area (Å²) in [6.45, 7) is 12.2. The van der Waals surface area contributed by atoms with Gasteiger partial charge in [-0.15, -0.1) is 11.3 Å². The summed E-state index contributed by atoms with van der Waals surface area (Å²) in [6, 6.07) is 2.31. The predicted octanol–water partition coefficient (Wildman–Crippen LogP) is 3.94. The first-order valence-electron chi connectivity index (χ1n) is 5.68. The summed E-state index contributed by atoms with van der Waals surface area (Å²) in [5, 5.41) is 5.82. The molecule has 86 valence electrons. The first-order valence-corrected chi connectivity index (χ1v) is 6.56. The van der Waals surface area contributed by atoms with Gasteiger partial charge in [0.05, 0.1) is 0 Å². The fourth-order valence-corrected chi connectivity index (χ4v) is 2.38. The quantitative estimate of drug-likeness (QED) is 0.818. The second-order valence-corrected chi connectivity index (χ2v) is 6.47. The Balaban J connectivity index is 2.34. The molecule has 0 bridgehead atoms. The van der Waals surface area contributed by atoms with Crippen molar-refractivity contribution in [3.63, 3.8) is 0 Å². The van der Waals surface area contributed by atoms with Crippen molar-refractivity contribution in [2.75, 3.05) is 6.54 Å². The van der Waals surface area contributed by atoms with Gasteiger partial charge in [0.25, 0.3) is 0 Å². The molecule has 2 heteroatoms. The molecule has 0 spiro atoms. The maximum atomic E-state index is 3.53. The molecule has 1 nitrogen and oxygen atoms in total. The summed E-state index contributed by atoms with van der Waals surface area (Å²) in [5.41, 5.74) is 1.73. The Morgan fingerprint density at radius 2 is 2.07 bits per heavy atom. The third-order valence-electron chi connectivity index (χ3n) is 2.55. The van der Waals surface area contributed by atoms with Crippen LogP contribution < -0.4 is 5.32 Å². The lowest BCUT2D eigenvalue weighted by Crippen LogP contribution is -2.36. The summed E-state index contributed by atoms with van der Waals surface area (Å²) < 4.78 is 0. The Hall–Kier alpha value is -0.340. The van der Waals surface area contributed by atoms with Crippen LogP contribution in [0.25, 0.3) is 0 Å². The number of hydrogen-bond acceptors (Lipinski definition) is 2. The van der Waals surface area contributed by atoms with Crippen LogP contribution in [0, 0.1) is 6.92 Å². The fourth-order valence-electron chi connectivity index (χ4n) is 1.55. The van der Waals surface area contributed by atoms with Gasteiger partial charge in [-0.1, -0.05) is 6.92 Å². The van der Waals surface area contributed by atoms with E-state index < -0.39 is 0 Å². The number of aryl methyl sites for hydroxylation is 1. The van der Waals surface area contributed by atoms with E-state index in [1.807, 2.05) is 11.3 Å². The third kappa shape index (κ3) is 4.80. The van der Waals surface area contributed by atoms with Gasteiger partial charge < -0.3 is 5.32 Å². The van der Waals surface area contributed by atoms with E-state index in [2.05, 4.69) is 51.4 Å². The SMILES string of the molecule is Cc1cc(C(C)CCNC(C)(C)C)cs1. The standard InChI is InChI=1S/C13H23NS/c1-10(6-7-14-13(3,4)5)12-8-11(2)15-9-12/h8-10,14H,6-7H2,1-5H3. The molecule has 0 aliphatic carbocycles. The molecule has 0 aliphatic rings. The van der Waals surface area contributed by atoms with Crippen LogP contribution >= 0.6 is 11.3 Å². The second kappa shape index (κ2) is 5.13. The highest BCUT2D eigenvalue weighted by Gasteiger charge is 2.11. The Morgan fingerprint density at radius 1 is 1.40 bits per heavy atom. The summed E-state index contributed by atoms with van der Waals surface area (Å²) in [4.78, 5) is 1.42. The second-order valence-electron chi connectivity index (χ2n) is 5.36. The van der Waals surface area contributed by atoms with Crippen LogP contribution in [0.5, 0.6) is 0 Å². The minimum Gasteiger partial charge on any atom is -0.312 e. The van der Waals surface area contributed by atoms with Gasteiger partial charge in [0.2, 0.25) is 0 Å². The molecule has 0 amide bonds. The van der Waals surface area contributed by atoms with Crippen LogP contribution in [-0.2, 0) is 0 Å². The first-order chi connectivity index (χ1) is 6.88. The zero-order chi connectivity index (χ0) is 11.5. The van der Waals surface area contributed by atoms with E-state index in [-0.39, 0.29) is 5.54 Å². The summed E-state index contributed by atoms with van der Waals surface area (Å²) in [6.07, 6.45) is 1.22. The molecule has 1 atom stereocenters. The topological polar surface area (TPSA) is 12.0 Å². The van der Waals surface area contributed by atoms with E-state index in [0.717, 1.165) is 6.54 Å². The van der Waals surface area contributed by atoms with Crippen molar-refractivity contribution in [2.45, 2.75) is 52.5 Å². The van der Waals surface area contributed by atoms with Crippen LogP contribution in [0.2, 0.25) is 0 Å². The molecule has 1 N–H and O–H groups in total. The van der Waals surface area contributed by atoms with Gasteiger partial charge >= 0.3 is 0 Å². The average Bonchev–Trinajstić information content (AvgIpc) is 2.49. The molecule has 0 aliphatic heterocycles. The van der Waals surface area contributed by atoms with E-state index in [4.69, 9.17) is 0 Å². The number of nitrogens with one attached hydrogen (secondary N) is 1. The molecule has 0 fully saturated rings. The Bertz CT molecular complexity index is 296. The number of hydrogen-bond donors (Lipinski definition) is 1. The van der Waals surface area contributed by atoms with E-state index in [1.165, 1.54) is 16.9 Å². The highest BCUT2D eigenvalue weighted by atomic mass is 32.1. The molecule has 1 heterocycles. The molecule has 0 saturated heterocycles. The maximum absolute atomic E-state index is 3.53. The molecular formula is C13H23NS. The molecule has 0 radical (unpaired) electrons. The van der Waals surface area contributed by atoms with Crippen LogP contribution in [0.3, 0.4) is 0 Å². The van der Waals surface area contributed by atoms with Crippen molar-refractivity contribution in [1.82, 2.24) is 5.32 Å². The van der Waals surface area contributed by atoms with Crippen molar-refractivity contribution in [3.05, 3.63) is 21.9 Å². The van der Waals surface area contributed by atoms with Crippen LogP contribution in [0.4, 0.5) is 0 Å². The predicted molar refractivity (Wildman–Crippen MR) is 69.8 cm³/mol. The smallest absolute Gasteiger partial charge is 0.00965 e. The van der Waals surface area contributed by atoms with Crippen molar-refractivity contribution in [2.24, 2.45) is 0 Å². The van der Waals surface area contributed by atoms with Gasteiger partial charge in [-0.05, 0) is 63.6 Å². The molecule has 15 heavy (non-hydrogen) atoms. The van der Waals surface area contributed by atoms with Crippen molar-refractivity contribution < 1.29 is 0 Å². The lowest BCUT2D eigenvalue weighted by Gasteiger charge is -2.21. The summed E-state index contributed by atoms with van der Waals surface area (Å²) in [7, 11) is 0. The van der Waals surface area contributed by atoms with Crippen molar-refractivity contribution in [1.29, 1.82) is 0 Å². The van der Waals surface area contributed by atoms with Gasteiger partial charge in [-0.25, -0.2) is 0 Å². The monoisotopic (exact) mass is 225 g/mol. The van der Waals surface area contributed by atoms with E-state index in [9.17, 15) is 0 Å². The Labute approximate surface area is 97.9 Å². The Kier molecular flexibility index (Phi) is 4.35.